The highest BCUT2D eigenvalue weighted by atomic mass is 32.2. The van der Waals surface area contributed by atoms with Crippen molar-refractivity contribution in [1.82, 2.24) is 4.90 Å². The Morgan fingerprint density at radius 3 is 2.76 bits per heavy atom. The standard InChI is InChI=1S/C16H20FNO2S/c1-12(19)6-7-16(20)18-9-8-15(21-11-10-18)13-4-2-3-5-14(13)17/h2-5,15H,6-11H2,1H3. The summed E-state index contributed by atoms with van der Waals surface area (Å²) in [5.41, 5.74) is 0.723. The van der Waals surface area contributed by atoms with Crippen LogP contribution in [-0.2, 0) is 9.59 Å². The average Bonchev–Trinajstić information content (AvgIpc) is 2.71. The number of halogens is 1. The number of rotatable bonds is 4. The molecule has 1 aliphatic rings. The zero-order valence-corrected chi connectivity index (χ0v) is 13.0. The van der Waals surface area contributed by atoms with Crippen LogP contribution < -0.4 is 0 Å². The highest BCUT2D eigenvalue weighted by Crippen LogP contribution is 2.35. The van der Waals surface area contributed by atoms with Crippen LogP contribution in [0.4, 0.5) is 4.39 Å². The van der Waals surface area contributed by atoms with Crippen molar-refractivity contribution >= 4 is 23.5 Å². The molecule has 2 rings (SSSR count). The molecule has 0 bridgehead atoms. The Kier molecular flexibility index (Phi) is 5.79. The SMILES string of the molecule is CC(=O)CCC(=O)N1CCSC(c2ccccc2F)CC1. The van der Waals surface area contributed by atoms with Gasteiger partial charge in [0.25, 0.3) is 0 Å². The number of amides is 1. The molecule has 114 valence electrons. The highest BCUT2D eigenvalue weighted by Gasteiger charge is 2.23. The second kappa shape index (κ2) is 7.59. The van der Waals surface area contributed by atoms with E-state index >= 15 is 0 Å². The van der Waals surface area contributed by atoms with Crippen LogP contribution in [0, 0.1) is 5.82 Å². The summed E-state index contributed by atoms with van der Waals surface area (Å²) >= 11 is 1.70. The summed E-state index contributed by atoms with van der Waals surface area (Å²) in [7, 11) is 0. The first-order valence-electron chi connectivity index (χ1n) is 7.21. The molecule has 1 heterocycles. The van der Waals surface area contributed by atoms with Gasteiger partial charge in [-0.2, -0.15) is 11.8 Å². The van der Waals surface area contributed by atoms with E-state index in [0.717, 1.165) is 17.7 Å². The van der Waals surface area contributed by atoms with Crippen LogP contribution in [0.15, 0.2) is 24.3 Å². The predicted molar refractivity (Wildman–Crippen MR) is 82.7 cm³/mol. The number of ketones is 1. The summed E-state index contributed by atoms with van der Waals surface area (Å²) in [6, 6.07) is 6.84. The van der Waals surface area contributed by atoms with E-state index in [1.54, 1.807) is 22.7 Å². The molecule has 0 N–H and O–H groups in total. The fourth-order valence-electron chi connectivity index (χ4n) is 2.45. The molecular weight excluding hydrogens is 289 g/mol. The lowest BCUT2D eigenvalue weighted by atomic mass is 10.1. The maximum Gasteiger partial charge on any atom is 0.223 e. The fraction of sp³-hybridized carbons (Fsp3) is 0.500. The van der Waals surface area contributed by atoms with Crippen LogP contribution in [0.3, 0.4) is 0 Å². The Hall–Kier alpha value is -1.36. The van der Waals surface area contributed by atoms with E-state index in [1.807, 2.05) is 12.1 Å². The fourth-order valence-corrected chi connectivity index (χ4v) is 3.70. The number of Topliss-reactive ketones (excluding diaryl/α,β-unsaturated/α-hetero) is 1. The van der Waals surface area contributed by atoms with Gasteiger partial charge in [-0.05, 0) is 19.4 Å². The van der Waals surface area contributed by atoms with Gasteiger partial charge in [-0.15, -0.1) is 0 Å². The van der Waals surface area contributed by atoms with Crippen molar-refractivity contribution in [1.29, 1.82) is 0 Å². The Balaban J connectivity index is 1.94. The van der Waals surface area contributed by atoms with Crippen molar-refractivity contribution in [2.45, 2.75) is 31.4 Å². The number of hydrogen-bond acceptors (Lipinski definition) is 3. The molecule has 1 atom stereocenters. The molecule has 1 amide bonds. The highest BCUT2D eigenvalue weighted by molar-refractivity contribution is 7.99. The van der Waals surface area contributed by atoms with E-state index in [0.29, 0.717) is 19.5 Å². The van der Waals surface area contributed by atoms with Gasteiger partial charge in [-0.3, -0.25) is 4.79 Å². The van der Waals surface area contributed by atoms with Crippen molar-refractivity contribution in [3.63, 3.8) is 0 Å². The average molecular weight is 309 g/mol. The molecular formula is C16H20FNO2S. The van der Waals surface area contributed by atoms with Crippen molar-refractivity contribution < 1.29 is 14.0 Å². The van der Waals surface area contributed by atoms with Crippen molar-refractivity contribution in [3.05, 3.63) is 35.6 Å². The lowest BCUT2D eigenvalue weighted by molar-refractivity contribution is -0.132. The second-order valence-electron chi connectivity index (χ2n) is 5.25. The summed E-state index contributed by atoms with van der Waals surface area (Å²) in [6.45, 7) is 2.80. The molecule has 3 nitrogen and oxygen atoms in total. The van der Waals surface area contributed by atoms with Crippen LogP contribution in [0.25, 0.3) is 0 Å². The monoisotopic (exact) mass is 309 g/mol. The van der Waals surface area contributed by atoms with Crippen LogP contribution in [-0.4, -0.2) is 35.4 Å². The van der Waals surface area contributed by atoms with Crippen molar-refractivity contribution in [2.75, 3.05) is 18.8 Å². The molecule has 0 saturated carbocycles. The largest absolute Gasteiger partial charge is 0.342 e. The number of carbonyl (C=O) groups is 2. The third kappa shape index (κ3) is 4.56. The second-order valence-corrected chi connectivity index (χ2v) is 6.56. The summed E-state index contributed by atoms with van der Waals surface area (Å²) < 4.78 is 13.8. The first-order valence-corrected chi connectivity index (χ1v) is 8.26. The molecule has 1 unspecified atom stereocenters. The van der Waals surface area contributed by atoms with Gasteiger partial charge in [0.05, 0.1) is 0 Å². The van der Waals surface area contributed by atoms with E-state index in [4.69, 9.17) is 0 Å². The van der Waals surface area contributed by atoms with E-state index in [9.17, 15) is 14.0 Å². The molecule has 0 spiro atoms. The summed E-state index contributed by atoms with van der Waals surface area (Å²) in [5, 5.41) is 0.0943. The lowest BCUT2D eigenvalue weighted by Gasteiger charge is -2.20. The summed E-state index contributed by atoms with van der Waals surface area (Å²) in [5.74, 6) is 0.688. The Bertz CT molecular complexity index is 521. The van der Waals surface area contributed by atoms with E-state index in [1.165, 1.54) is 13.0 Å². The Labute approximate surface area is 128 Å². The normalized spacial score (nSPS) is 19.1. The van der Waals surface area contributed by atoms with Crippen LogP contribution in [0.1, 0.15) is 37.0 Å². The number of carbonyl (C=O) groups excluding carboxylic acids is 2. The van der Waals surface area contributed by atoms with Gasteiger partial charge >= 0.3 is 0 Å². The molecule has 0 aliphatic carbocycles. The topological polar surface area (TPSA) is 37.4 Å². The number of thioether (sulfide) groups is 1. The number of benzene rings is 1. The van der Waals surface area contributed by atoms with Gasteiger partial charge in [0.2, 0.25) is 5.91 Å². The van der Waals surface area contributed by atoms with Gasteiger partial charge in [-0.25, -0.2) is 4.39 Å². The first kappa shape index (κ1) is 16.0. The maximum atomic E-state index is 13.8. The molecule has 1 fully saturated rings. The van der Waals surface area contributed by atoms with Crippen LogP contribution >= 0.6 is 11.8 Å². The molecule has 1 aliphatic heterocycles. The zero-order valence-electron chi connectivity index (χ0n) is 12.2. The molecule has 0 radical (unpaired) electrons. The summed E-state index contributed by atoms with van der Waals surface area (Å²) in [6.07, 6.45) is 1.33. The number of hydrogen-bond donors (Lipinski definition) is 0. The van der Waals surface area contributed by atoms with Crippen LogP contribution in [0.5, 0.6) is 0 Å². The van der Waals surface area contributed by atoms with Gasteiger partial charge in [0.1, 0.15) is 11.6 Å². The maximum absolute atomic E-state index is 13.8. The molecule has 1 aromatic rings. The predicted octanol–water partition coefficient (Wildman–Crippen LogP) is 3.20. The van der Waals surface area contributed by atoms with Gasteiger partial charge < -0.3 is 9.69 Å². The molecule has 21 heavy (non-hydrogen) atoms. The molecule has 0 aromatic heterocycles. The molecule has 1 aromatic carbocycles. The summed E-state index contributed by atoms with van der Waals surface area (Å²) in [4.78, 5) is 24.8. The Morgan fingerprint density at radius 1 is 1.29 bits per heavy atom. The van der Waals surface area contributed by atoms with Crippen LogP contribution in [0.2, 0.25) is 0 Å². The van der Waals surface area contributed by atoms with E-state index in [2.05, 4.69) is 0 Å². The van der Waals surface area contributed by atoms with Gasteiger partial charge in [-0.1, -0.05) is 18.2 Å². The van der Waals surface area contributed by atoms with E-state index < -0.39 is 0 Å². The molecule has 5 heteroatoms. The lowest BCUT2D eigenvalue weighted by Crippen LogP contribution is -2.33. The first-order chi connectivity index (χ1) is 10.1. The molecule has 1 saturated heterocycles. The van der Waals surface area contributed by atoms with Gasteiger partial charge in [0, 0.05) is 42.5 Å². The minimum Gasteiger partial charge on any atom is -0.342 e. The minimum absolute atomic E-state index is 0.0278. The number of nitrogens with zero attached hydrogens (tertiary/aromatic N) is 1. The minimum atomic E-state index is -0.175. The quantitative estimate of drug-likeness (QED) is 0.857. The van der Waals surface area contributed by atoms with E-state index in [-0.39, 0.29) is 29.2 Å². The third-order valence-electron chi connectivity index (χ3n) is 3.64. The zero-order chi connectivity index (χ0) is 15.2. The Morgan fingerprint density at radius 2 is 2.05 bits per heavy atom. The van der Waals surface area contributed by atoms with Crippen molar-refractivity contribution in [2.24, 2.45) is 0 Å². The van der Waals surface area contributed by atoms with Crippen molar-refractivity contribution in [3.8, 4) is 0 Å². The third-order valence-corrected chi connectivity index (χ3v) is 4.95. The smallest absolute Gasteiger partial charge is 0.223 e. The van der Waals surface area contributed by atoms with Gasteiger partial charge in [0.15, 0.2) is 0 Å².